The fourth-order valence-electron chi connectivity index (χ4n) is 3.24. The Morgan fingerprint density at radius 1 is 0.950 bits per heavy atom. The molecule has 0 bridgehead atoms. The molecular weight excluding hydrogens is 260 g/mol. The average molecular weight is 290 g/mol. The number of hydrogen-bond acceptors (Lipinski definition) is 5. The number of unbranched alkanes of at least 4 members (excludes halogenated alkanes) is 1. The van der Waals surface area contributed by atoms with Crippen LogP contribution in [0.5, 0.6) is 0 Å². The smallest absolute Gasteiger partial charge is 0.111 e. The maximum Gasteiger partial charge on any atom is 0.111 e. The van der Waals surface area contributed by atoms with Crippen LogP contribution in [0.3, 0.4) is 0 Å². The molecule has 6 atom stereocenters. The van der Waals surface area contributed by atoms with Crippen LogP contribution in [0.4, 0.5) is 0 Å². The van der Waals surface area contributed by atoms with Crippen LogP contribution in [-0.4, -0.2) is 57.6 Å². The predicted molar refractivity (Wildman–Crippen MR) is 76.3 cm³/mol. The van der Waals surface area contributed by atoms with E-state index in [2.05, 4.69) is 20.8 Å². The molecule has 1 aliphatic rings. The molecule has 5 nitrogen and oxygen atoms in total. The summed E-state index contributed by atoms with van der Waals surface area (Å²) >= 11 is 0. The number of aliphatic hydroxyl groups excluding tert-OH is 4. The predicted octanol–water partition coefficient (Wildman–Crippen LogP) is 0.825. The molecule has 0 aromatic heterocycles. The van der Waals surface area contributed by atoms with Crippen molar-refractivity contribution in [3.05, 3.63) is 0 Å². The van der Waals surface area contributed by atoms with E-state index < -0.39 is 30.5 Å². The number of aliphatic hydroxyl groups is 4. The van der Waals surface area contributed by atoms with Gasteiger partial charge in [0.25, 0.3) is 0 Å². The molecule has 0 aliphatic carbocycles. The van der Waals surface area contributed by atoms with Gasteiger partial charge >= 0.3 is 0 Å². The van der Waals surface area contributed by atoms with Crippen molar-refractivity contribution in [3.63, 3.8) is 0 Å². The van der Waals surface area contributed by atoms with Crippen molar-refractivity contribution in [1.29, 1.82) is 0 Å². The summed E-state index contributed by atoms with van der Waals surface area (Å²) < 4.78 is 5.74. The lowest BCUT2D eigenvalue weighted by molar-refractivity contribution is -0.256. The Kier molecular flexibility index (Phi) is 6.88. The van der Waals surface area contributed by atoms with Crippen molar-refractivity contribution in [2.45, 2.75) is 83.4 Å². The van der Waals surface area contributed by atoms with Gasteiger partial charge in [0.15, 0.2) is 0 Å². The Balaban J connectivity index is 2.92. The van der Waals surface area contributed by atoms with Gasteiger partial charge in [-0.3, -0.25) is 0 Å². The summed E-state index contributed by atoms with van der Waals surface area (Å²) in [5.74, 6) is 0. The molecule has 0 aromatic carbocycles. The zero-order valence-electron chi connectivity index (χ0n) is 12.8. The molecule has 1 rings (SSSR count). The van der Waals surface area contributed by atoms with Crippen LogP contribution in [0, 0.1) is 5.41 Å². The molecular formula is C15H30O5. The first-order valence-corrected chi connectivity index (χ1v) is 7.71. The average Bonchev–Trinajstić information content (AvgIpc) is 2.43. The number of rotatable bonds is 7. The zero-order chi connectivity index (χ0) is 15.3. The minimum absolute atomic E-state index is 0.265. The lowest BCUT2D eigenvalue weighted by Gasteiger charge is -2.48. The number of ether oxygens (including phenoxy) is 1. The first kappa shape index (κ1) is 17.9. The van der Waals surface area contributed by atoms with E-state index in [1.165, 1.54) is 0 Å². The summed E-state index contributed by atoms with van der Waals surface area (Å²) in [5.41, 5.74) is -0.265. The second-order valence-corrected chi connectivity index (χ2v) is 6.26. The van der Waals surface area contributed by atoms with E-state index in [9.17, 15) is 20.4 Å². The highest BCUT2D eigenvalue weighted by Crippen LogP contribution is 2.40. The molecule has 5 heteroatoms. The van der Waals surface area contributed by atoms with E-state index >= 15 is 0 Å². The summed E-state index contributed by atoms with van der Waals surface area (Å²) in [4.78, 5) is 0. The van der Waals surface area contributed by atoms with E-state index in [4.69, 9.17) is 4.74 Å². The van der Waals surface area contributed by atoms with Gasteiger partial charge in [0, 0.05) is 0 Å². The fourth-order valence-corrected chi connectivity index (χ4v) is 3.24. The minimum Gasteiger partial charge on any atom is -0.394 e. The van der Waals surface area contributed by atoms with Crippen LogP contribution in [-0.2, 0) is 4.74 Å². The van der Waals surface area contributed by atoms with Gasteiger partial charge in [0.05, 0.1) is 12.7 Å². The molecule has 1 saturated heterocycles. The molecule has 1 heterocycles. The third kappa shape index (κ3) is 3.71. The quantitative estimate of drug-likeness (QED) is 0.557. The van der Waals surface area contributed by atoms with Crippen LogP contribution in [0.2, 0.25) is 0 Å². The van der Waals surface area contributed by atoms with Crippen LogP contribution >= 0.6 is 0 Å². The maximum atomic E-state index is 10.3. The van der Waals surface area contributed by atoms with E-state index in [1.54, 1.807) is 0 Å². The molecule has 1 aliphatic heterocycles. The Bertz CT molecular complexity index is 283. The highest BCUT2D eigenvalue weighted by atomic mass is 16.5. The Morgan fingerprint density at radius 2 is 1.60 bits per heavy atom. The summed E-state index contributed by atoms with van der Waals surface area (Å²) in [6, 6.07) is 0. The van der Waals surface area contributed by atoms with Gasteiger partial charge in [-0.25, -0.2) is 0 Å². The minimum atomic E-state index is -1.27. The highest BCUT2D eigenvalue weighted by molar-refractivity contribution is 4.98. The topological polar surface area (TPSA) is 90.2 Å². The van der Waals surface area contributed by atoms with Crippen molar-refractivity contribution in [1.82, 2.24) is 0 Å². The first-order valence-electron chi connectivity index (χ1n) is 7.71. The summed E-state index contributed by atoms with van der Waals surface area (Å²) in [5, 5.41) is 39.3. The van der Waals surface area contributed by atoms with Crippen LogP contribution < -0.4 is 0 Å². The summed E-state index contributed by atoms with van der Waals surface area (Å²) in [7, 11) is 0. The SMILES string of the molecule is CCCCC(C)(CCC)C1OC(CO)C(O)C(O)C1O. The molecule has 4 N–H and O–H groups in total. The molecule has 20 heavy (non-hydrogen) atoms. The van der Waals surface area contributed by atoms with Crippen molar-refractivity contribution >= 4 is 0 Å². The van der Waals surface area contributed by atoms with E-state index in [-0.39, 0.29) is 12.0 Å². The van der Waals surface area contributed by atoms with Gasteiger partial charge in [-0.05, 0) is 18.3 Å². The van der Waals surface area contributed by atoms with Crippen molar-refractivity contribution in [2.24, 2.45) is 5.41 Å². The van der Waals surface area contributed by atoms with Gasteiger partial charge in [0.2, 0.25) is 0 Å². The lowest BCUT2D eigenvalue weighted by atomic mass is 9.71. The highest BCUT2D eigenvalue weighted by Gasteiger charge is 2.49. The van der Waals surface area contributed by atoms with Gasteiger partial charge < -0.3 is 25.2 Å². The van der Waals surface area contributed by atoms with Gasteiger partial charge in [-0.2, -0.15) is 0 Å². The Hall–Kier alpha value is -0.200. The van der Waals surface area contributed by atoms with Crippen LogP contribution in [0.1, 0.15) is 52.9 Å². The van der Waals surface area contributed by atoms with Crippen LogP contribution in [0.25, 0.3) is 0 Å². The van der Waals surface area contributed by atoms with Crippen molar-refractivity contribution < 1.29 is 25.2 Å². The standard InChI is InChI=1S/C15H30O5/c1-4-6-8-15(3,7-5-2)14-13(19)12(18)11(17)10(9-16)20-14/h10-14,16-19H,4-9H2,1-3H3. The Labute approximate surface area is 121 Å². The van der Waals surface area contributed by atoms with E-state index in [1.807, 2.05) is 0 Å². The van der Waals surface area contributed by atoms with Gasteiger partial charge in [-0.15, -0.1) is 0 Å². The van der Waals surface area contributed by atoms with E-state index in [0.717, 1.165) is 32.1 Å². The van der Waals surface area contributed by atoms with Crippen molar-refractivity contribution in [3.8, 4) is 0 Å². The lowest BCUT2D eigenvalue weighted by Crippen LogP contribution is -2.62. The molecule has 0 radical (unpaired) electrons. The summed E-state index contributed by atoms with van der Waals surface area (Å²) in [6.07, 6.45) is -0.262. The monoisotopic (exact) mass is 290 g/mol. The largest absolute Gasteiger partial charge is 0.394 e. The second-order valence-electron chi connectivity index (χ2n) is 6.26. The number of hydrogen-bond donors (Lipinski definition) is 4. The Morgan fingerprint density at radius 3 is 2.10 bits per heavy atom. The third-order valence-corrected chi connectivity index (χ3v) is 4.50. The normalized spacial score (nSPS) is 37.6. The third-order valence-electron chi connectivity index (χ3n) is 4.50. The molecule has 120 valence electrons. The second kappa shape index (κ2) is 7.71. The summed E-state index contributed by atoms with van der Waals surface area (Å²) in [6.45, 7) is 5.88. The van der Waals surface area contributed by atoms with Crippen LogP contribution in [0.15, 0.2) is 0 Å². The zero-order valence-corrected chi connectivity index (χ0v) is 12.8. The van der Waals surface area contributed by atoms with E-state index in [0.29, 0.717) is 0 Å². The molecule has 0 amide bonds. The molecule has 0 aromatic rings. The molecule has 6 unspecified atom stereocenters. The fraction of sp³-hybridized carbons (Fsp3) is 1.00. The maximum absolute atomic E-state index is 10.3. The van der Waals surface area contributed by atoms with Gasteiger partial charge in [0.1, 0.15) is 24.4 Å². The molecule has 1 fully saturated rings. The molecule has 0 saturated carbocycles. The molecule has 0 spiro atoms. The van der Waals surface area contributed by atoms with Crippen molar-refractivity contribution in [2.75, 3.05) is 6.61 Å². The first-order chi connectivity index (χ1) is 9.41. The van der Waals surface area contributed by atoms with Gasteiger partial charge in [-0.1, -0.05) is 40.0 Å².